The van der Waals surface area contributed by atoms with Gasteiger partial charge in [-0.2, -0.15) is 0 Å². The lowest BCUT2D eigenvalue weighted by molar-refractivity contribution is -0.123. The second-order valence-electron chi connectivity index (χ2n) is 4.54. The van der Waals surface area contributed by atoms with Crippen molar-refractivity contribution >= 4 is 5.78 Å². The molecule has 2 rings (SSSR count). The van der Waals surface area contributed by atoms with Crippen molar-refractivity contribution in [3.63, 3.8) is 0 Å². The summed E-state index contributed by atoms with van der Waals surface area (Å²) in [5.41, 5.74) is 6.70. The van der Waals surface area contributed by atoms with Crippen molar-refractivity contribution in [3.8, 4) is 0 Å². The van der Waals surface area contributed by atoms with E-state index in [1.807, 2.05) is 12.1 Å². The zero-order chi connectivity index (χ0) is 11.4. The third kappa shape index (κ3) is 2.47. The molecule has 0 aromatic carbocycles. The molecular weight excluding hydrogens is 200 g/mol. The number of nitrogens with two attached hydrogens (primary N) is 1. The first-order valence-electron chi connectivity index (χ1n) is 5.93. The maximum Gasteiger partial charge on any atom is 0.140 e. The number of ketones is 1. The number of Topliss-reactive ketones (excluding diaryl/α,β-unsaturated/α-hetero) is 1. The Labute approximate surface area is 96.1 Å². The summed E-state index contributed by atoms with van der Waals surface area (Å²) < 4.78 is 0. The molecule has 1 saturated carbocycles. The van der Waals surface area contributed by atoms with E-state index in [9.17, 15) is 4.79 Å². The van der Waals surface area contributed by atoms with Crippen molar-refractivity contribution in [1.29, 1.82) is 0 Å². The van der Waals surface area contributed by atoms with Gasteiger partial charge in [-0.3, -0.25) is 9.78 Å². The Morgan fingerprint density at radius 2 is 2.38 bits per heavy atom. The lowest BCUT2D eigenvalue weighted by Crippen LogP contribution is -2.26. The van der Waals surface area contributed by atoms with E-state index in [4.69, 9.17) is 5.73 Å². The maximum absolute atomic E-state index is 12.1. The number of carbonyl (C=O) groups excluding carboxylic acids is 1. The standard InChI is InChI=1S/C13H18N2O/c14-8-11-4-1-5-12(11)13(16)7-10-3-2-6-15-9-10/h2-3,6,9,11-12H,1,4-5,7-8,14H2. The molecule has 3 nitrogen and oxygen atoms in total. The molecule has 16 heavy (non-hydrogen) atoms. The van der Waals surface area contributed by atoms with E-state index in [1.54, 1.807) is 12.4 Å². The van der Waals surface area contributed by atoms with Gasteiger partial charge in [0.1, 0.15) is 5.78 Å². The minimum atomic E-state index is 0.185. The second-order valence-corrected chi connectivity index (χ2v) is 4.54. The van der Waals surface area contributed by atoms with Gasteiger partial charge in [-0.1, -0.05) is 12.5 Å². The number of nitrogens with zero attached hydrogens (tertiary/aromatic N) is 1. The number of hydrogen-bond acceptors (Lipinski definition) is 3. The monoisotopic (exact) mass is 218 g/mol. The average Bonchev–Trinajstić information content (AvgIpc) is 2.78. The van der Waals surface area contributed by atoms with Gasteiger partial charge in [-0.15, -0.1) is 0 Å². The van der Waals surface area contributed by atoms with E-state index in [0.717, 1.165) is 24.8 Å². The molecule has 2 unspecified atom stereocenters. The summed E-state index contributed by atoms with van der Waals surface area (Å²) in [6, 6.07) is 3.83. The van der Waals surface area contributed by atoms with Crippen LogP contribution in [-0.4, -0.2) is 17.3 Å². The first-order valence-corrected chi connectivity index (χ1v) is 5.93. The number of carbonyl (C=O) groups is 1. The topological polar surface area (TPSA) is 56.0 Å². The van der Waals surface area contributed by atoms with Crippen LogP contribution in [0.1, 0.15) is 24.8 Å². The molecule has 1 aliphatic rings. The Hall–Kier alpha value is -1.22. The number of aromatic nitrogens is 1. The largest absolute Gasteiger partial charge is 0.330 e. The summed E-state index contributed by atoms with van der Waals surface area (Å²) >= 11 is 0. The predicted octanol–water partition coefficient (Wildman–Crippen LogP) is 1.57. The predicted molar refractivity (Wildman–Crippen MR) is 62.8 cm³/mol. The Morgan fingerprint density at radius 1 is 1.50 bits per heavy atom. The summed E-state index contributed by atoms with van der Waals surface area (Å²) in [6.45, 7) is 0.642. The molecule has 1 aromatic heterocycles. The highest BCUT2D eigenvalue weighted by Crippen LogP contribution is 2.32. The van der Waals surface area contributed by atoms with Gasteiger partial charge >= 0.3 is 0 Å². The molecule has 1 aromatic rings. The van der Waals surface area contributed by atoms with E-state index in [0.29, 0.717) is 24.7 Å². The van der Waals surface area contributed by atoms with E-state index in [2.05, 4.69) is 4.98 Å². The van der Waals surface area contributed by atoms with Gasteiger partial charge in [0.15, 0.2) is 0 Å². The Morgan fingerprint density at radius 3 is 3.06 bits per heavy atom. The fourth-order valence-corrected chi connectivity index (χ4v) is 2.58. The minimum absolute atomic E-state index is 0.185. The van der Waals surface area contributed by atoms with Crippen molar-refractivity contribution in [2.24, 2.45) is 17.6 Å². The van der Waals surface area contributed by atoms with Crippen LogP contribution in [0, 0.1) is 11.8 Å². The van der Waals surface area contributed by atoms with Crippen LogP contribution in [0.3, 0.4) is 0 Å². The summed E-state index contributed by atoms with van der Waals surface area (Å²) in [5.74, 6) is 0.926. The molecule has 3 heteroatoms. The molecule has 1 aliphatic carbocycles. The van der Waals surface area contributed by atoms with Crippen molar-refractivity contribution < 1.29 is 4.79 Å². The van der Waals surface area contributed by atoms with Gasteiger partial charge in [0.2, 0.25) is 0 Å². The zero-order valence-corrected chi connectivity index (χ0v) is 9.43. The highest BCUT2D eigenvalue weighted by atomic mass is 16.1. The Bertz CT molecular complexity index is 350. The van der Waals surface area contributed by atoms with E-state index < -0.39 is 0 Å². The van der Waals surface area contributed by atoms with Gasteiger partial charge in [0.05, 0.1) is 0 Å². The van der Waals surface area contributed by atoms with E-state index >= 15 is 0 Å². The first kappa shape index (κ1) is 11.3. The molecule has 2 N–H and O–H groups in total. The third-order valence-corrected chi connectivity index (χ3v) is 3.48. The van der Waals surface area contributed by atoms with Gasteiger partial charge < -0.3 is 5.73 Å². The van der Waals surface area contributed by atoms with Gasteiger partial charge in [0, 0.05) is 24.7 Å². The van der Waals surface area contributed by atoms with Crippen molar-refractivity contribution in [1.82, 2.24) is 4.98 Å². The smallest absolute Gasteiger partial charge is 0.140 e. The SMILES string of the molecule is NCC1CCCC1C(=O)Cc1cccnc1. The molecule has 0 amide bonds. The molecule has 0 bridgehead atoms. The molecule has 0 radical (unpaired) electrons. The van der Waals surface area contributed by atoms with E-state index in [1.165, 1.54) is 0 Å². The van der Waals surface area contributed by atoms with Crippen LogP contribution in [0.15, 0.2) is 24.5 Å². The lowest BCUT2D eigenvalue weighted by Gasteiger charge is -2.16. The van der Waals surface area contributed by atoms with Gasteiger partial charge in [-0.25, -0.2) is 0 Å². The third-order valence-electron chi connectivity index (χ3n) is 3.48. The number of rotatable bonds is 4. The molecular formula is C13H18N2O. The number of pyridine rings is 1. The maximum atomic E-state index is 12.1. The summed E-state index contributed by atoms with van der Waals surface area (Å²) in [6.07, 6.45) is 7.28. The Balaban J connectivity index is 1.98. The van der Waals surface area contributed by atoms with Crippen LogP contribution in [0.5, 0.6) is 0 Å². The van der Waals surface area contributed by atoms with Crippen LogP contribution in [-0.2, 0) is 11.2 Å². The molecule has 0 aliphatic heterocycles. The minimum Gasteiger partial charge on any atom is -0.330 e. The van der Waals surface area contributed by atoms with E-state index in [-0.39, 0.29) is 5.92 Å². The summed E-state index contributed by atoms with van der Waals surface area (Å²) in [5, 5.41) is 0. The lowest BCUT2D eigenvalue weighted by atomic mass is 9.89. The molecule has 86 valence electrons. The molecule has 0 saturated heterocycles. The fourth-order valence-electron chi connectivity index (χ4n) is 2.58. The summed E-state index contributed by atoms with van der Waals surface area (Å²) in [4.78, 5) is 16.1. The van der Waals surface area contributed by atoms with Crippen molar-refractivity contribution in [3.05, 3.63) is 30.1 Å². The van der Waals surface area contributed by atoms with Crippen LogP contribution in [0.25, 0.3) is 0 Å². The van der Waals surface area contributed by atoms with Crippen LogP contribution < -0.4 is 5.73 Å². The second kappa shape index (κ2) is 5.21. The highest BCUT2D eigenvalue weighted by Gasteiger charge is 2.31. The van der Waals surface area contributed by atoms with Gasteiger partial charge in [-0.05, 0) is 36.9 Å². The molecule has 1 heterocycles. The fraction of sp³-hybridized carbons (Fsp3) is 0.538. The summed E-state index contributed by atoms with van der Waals surface area (Å²) in [7, 11) is 0. The van der Waals surface area contributed by atoms with Crippen molar-refractivity contribution in [2.75, 3.05) is 6.54 Å². The highest BCUT2D eigenvalue weighted by molar-refractivity contribution is 5.83. The van der Waals surface area contributed by atoms with Crippen LogP contribution in [0.4, 0.5) is 0 Å². The van der Waals surface area contributed by atoms with Crippen LogP contribution >= 0.6 is 0 Å². The zero-order valence-electron chi connectivity index (χ0n) is 9.43. The number of hydrogen-bond donors (Lipinski definition) is 1. The molecule has 1 fully saturated rings. The quantitative estimate of drug-likeness (QED) is 0.834. The first-order chi connectivity index (χ1) is 7.81. The normalized spacial score (nSPS) is 24.6. The van der Waals surface area contributed by atoms with Crippen LogP contribution in [0.2, 0.25) is 0 Å². The Kier molecular flexibility index (Phi) is 3.67. The molecule has 0 spiro atoms. The average molecular weight is 218 g/mol. The molecule has 2 atom stereocenters. The van der Waals surface area contributed by atoms with Gasteiger partial charge in [0.25, 0.3) is 0 Å². The van der Waals surface area contributed by atoms with Crippen molar-refractivity contribution in [2.45, 2.75) is 25.7 Å².